The summed E-state index contributed by atoms with van der Waals surface area (Å²) in [6.45, 7) is 0. The average molecular weight is 641 g/mol. The minimum atomic E-state index is 0.531. The van der Waals surface area contributed by atoms with Crippen LogP contribution in [0.15, 0.2) is 174 Å². The van der Waals surface area contributed by atoms with Crippen molar-refractivity contribution in [2.75, 3.05) is 0 Å². The van der Waals surface area contributed by atoms with E-state index in [9.17, 15) is 0 Å². The van der Waals surface area contributed by atoms with Crippen molar-refractivity contribution in [3.63, 3.8) is 0 Å². The molecule has 0 fully saturated rings. The second kappa shape index (κ2) is 11.4. The largest absolute Gasteiger partial charge is 0.454 e. The highest BCUT2D eigenvalue weighted by Crippen LogP contribution is 2.40. The van der Waals surface area contributed by atoms with Crippen molar-refractivity contribution in [3.05, 3.63) is 170 Å². The Morgan fingerprint density at radius 1 is 0.400 bits per heavy atom. The van der Waals surface area contributed by atoms with Gasteiger partial charge >= 0.3 is 0 Å². The highest BCUT2D eigenvalue weighted by molar-refractivity contribution is 6.21. The molecule has 0 aliphatic rings. The second-order valence-electron chi connectivity index (χ2n) is 12.4. The lowest BCUT2D eigenvalue weighted by Gasteiger charge is -2.13. The molecule has 0 aliphatic heterocycles. The number of rotatable bonds is 5. The van der Waals surface area contributed by atoms with Crippen LogP contribution in [0.2, 0.25) is 0 Å². The monoisotopic (exact) mass is 640 g/mol. The number of benzene rings is 7. The van der Waals surface area contributed by atoms with Crippen molar-refractivity contribution in [1.29, 1.82) is 0 Å². The summed E-state index contributed by atoms with van der Waals surface area (Å²) in [6, 6.07) is 58.6. The molecule has 0 radical (unpaired) electrons. The summed E-state index contributed by atoms with van der Waals surface area (Å²) < 4.78 is 8.75. The maximum Gasteiger partial charge on any atom is 0.238 e. The van der Waals surface area contributed by atoms with E-state index < -0.39 is 0 Å². The summed E-state index contributed by atoms with van der Waals surface area (Å²) in [5, 5.41) is 4.32. The van der Waals surface area contributed by atoms with Crippen molar-refractivity contribution in [2.45, 2.75) is 0 Å². The fraction of sp³-hybridized carbons (Fsp3) is 0. The van der Waals surface area contributed by atoms with E-state index >= 15 is 0 Å². The zero-order chi connectivity index (χ0) is 33.0. The molecule has 0 saturated heterocycles. The molecule has 0 aliphatic carbocycles. The molecule has 234 valence electrons. The highest BCUT2D eigenvalue weighted by Gasteiger charge is 2.22. The number of fused-ring (bicyclic) bond motifs is 7. The maximum absolute atomic E-state index is 6.61. The van der Waals surface area contributed by atoms with Crippen LogP contribution in [0.5, 0.6) is 0 Å². The van der Waals surface area contributed by atoms with Crippen LogP contribution in [0.3, 0.4) is 0 Å². The van der Waals surface area contributed by atoms with Gasteiger partial charge in [0.05, 0.1) is 5.52 Å². The zero-order valence-corrected chi connectivity index (χ0v) is 26.9. The Balaban J connectivity index is 1.24. The van der Waals surface area contributed by atoms with Gasteiger partial charge in [-0.05, 0) is 46.5 Å². The van der Waals surface area contributed by atoms with Crippen molar-refractivity contribution in [3.8, 4) is 51.0 Å². The fourth-order valence-electron chi connectivity index (χ4n) is 7.18. The molecule has 5 nitrogen and oxygen atoms in total. The van der Waals surface area contributed by atoms with Crippen molar-refractivity contribution < 1.29 is 4.42 Å². The SMILES string of the molecule is c1ccc(-c2nc(-c3cccc(-c4ccccc4-c4ccccc4)c3)nc(-n3c4ccccc4c4ccc5c6ccccc6oc5c43)n2)cc1. The Labute approximate surface area is 287 Å². The molecular weight excluding hydrogens is 613 g/mol. The molecule has 0 N–H and O–H groups in total. The van der Waals surface area contributed by atoms with Gasteiger partial charge in [-0.1, -0.05) is 146 Å². The lowest BCUT2D eigenvalue weighted by atomic mass is 9.94. The number of aromatic nitrogens is 4. The van der Waals surface area contributed by atoms with E-state index in [1.54, 1.807) is 0 Å². The van der Waals surface area contributed by atoms with E-state index in [2.05, 4.69) is 120 Å². The third-order valence-electron chi connectivity index (χ3n) is 9.48. The third kappa shape index (κ3) is 4.52. The lowest BCUT2D eigenvalue weighted by Crippen LogP contribution is -2.06. The molecule has 10 rings (SSSR count). The van der Waals surface area contributed by atoms with Gasteiger partial charge in [-0.3, -0.25) is 4.57 Å². The Morgan fingerprint density at radius 3 is 1.78 bits per heavy atom. The zero-order valence-electron chi connectivity index (χ0n) is 26.9. The first-order valence-electron chi connectivity index (χ1n) is 16.7. The molecule has 5 heteroatoms. The first-order chi connectivity index (χ1) is 24.8. The van der Waals surface area contributed by atoms with Gasteiger partial charge in [-0.15, -0.1) is 0 Å². The van der Waals surface area contributed by atoms with E-state index in [0.717, 1.165) is 66.0 Å². The van der Waals surface area contributed by atoms with Crippen LogP contribution in [0.4, 0.5) is 0 Å². The maximum atomic E-state index is 6.61. The van der Waals surface area contributed by atoms with E-state index in [4.69, 9.17) is 19.4 Å². The summed E-state index contributed by atoms with van der Waals surface area (Å²) in [5.74, 6) is 1.72. The quantitative estimate of drug-likeness (QED) is 0.188. The van der Waals surface area contributed by atoms with E-state index in [-0.39, 0.29) is 0 Å². The van der Waals surface area contributed by atoms with Gasteiger partial charge in [0.15, 0.2) is 17.2 Å². The molecule has 0 unspecified atom stereocenters. The lowest BCUT2D eigenvalue weighted by molar-refractivity contribution is 0.670. The van der Waals surface area contributed by atoms with Crippen molar-refractivity contribution in [2.24, 2.45) is 0 Å². The highest BCUT2D eigenvalue weighted by atomic mass is 16.3. The van der Waals surface area contributed by atoms with Crippen LogP contribution in [0.1, 0.15) is 0 Å². The van der Waals surface area contributed by atoms with E-state index in [0.29, 0.717) is 17.6 Å². The Morgan fingerprint density at radius 2 is 0.980 bits per heavy atom. The molecule has 3 aromatic heterocycles. The minimum absolute atomic E-state index is 0.531. The van der Waals surface area contributed by atoms with Crippen LogP contribution >= 0.6 is 0 Å². The van der Waals surface area contributed by atoms with Gasteiger partial charge in [0.25, 0.3) is 0 Å². The molecule has 50 heavy (non-hydrogen) atoms. The molecule has 7 aromatic carbocycles. The van der Waals surface area contributed by atoms with Crippen LogP contribution in [0.25, 0.3) is 94.7 Å². The average Bonchev–Trinajstić information content (AvgIpc) is 3.75. The summed E-state index contributed by atoms with van der Waals surface area (Å²) in [4.78, 5) is 15.5. The van der Waals surface area contributed by atoms with Crippen molar-refractivity contribution >= 4 is 43.7 Å². The van der Waals surface area contributed by atoms with Crippen LogP contribution in [-0.2, 0) is 0 Å². The van der Waals surface area contributed by atoms with Gasteiger partial charge in [-0.25, -0.2) is 4.98 Å². The van der Waals surface area contributed by atoms with E-state index in [1.807, 2.05) is 54.6 Å². The molecule has 0 bridgehead atoms. The van der Waals surface area contributed by atoms with Crippen LogP contribution in [0, 0.1) is 0 Å². The number of hydrogen-bond acceptors (Lipinski definition) is 4. The first-order valence-corrected chi connectivity index (χ1v) is 16.7. The number of para-hydroxylation sites is 2. The van der Waals surface area contributed by atoms with Gasteiger partial charge < -0.3 is 4.42 Å². The summed E-state index contributed by atoms with van der Waals surface area (Å²) in [6.07, 6.45) is 0. The van der Waals surface area contributed by atoms with Gasteiger partial charge in [0.2, 0.25) is 5.95 Å². The van der Waals surface area contributed by atoms with E-state index in [1.165, 1.54) is 11.1 Å². The number of nitrogens with zero attached hydrogens (tertiary/aromatic N) is 4. The normalized spacial score (nSPS) is 11.6. The van der Waals surface area contributed by atoms with Crippen LogP contribution in [-0.4, -0.2) is 19.5 Å². The summed E-state index contributed by atoms with van der Waals surface area (Å²) in [5.41, 5.74) is 9.98. The van der Waals surface area contributed by atoms with Gasteiger partial charge in [-0.2, -0.15) is 9.97 Å². The minimum Gasteiger partial charge on any atom is -0.454 e. The molecule has 0 amide bonds. The van der Waals surface area contributed by atoms with Crippen molar-refractivity contribution in [1.82, 2.24) is 19.5 Å². The Hall–Kier alpha value is -6.85. The molecule has 3 heterocycles. The van der Waals surface area contributed by atoms with Crippen LogP contribution < -0.4 is 0 Å². The molecule has 0 atom stereocenters. The Kier molecular flexibility index (Phi) is 6.42. The number of furan rings is 1. The predicted molar refractivity (Wildman–Crippen MR) is 203 cm³/mol. The molecule has 0 saturated carbocycles. The summed E-state index contributed by atoms with van der Waals surface area (Å²) >= 11 is 0. The fourth-order valence-corrected chi connectivity index (χ4v) is 7.18. The van der Waals surface area contributed by atoms with Gasteiger partial charge in [0, 0.05) is 32.7 Å². The molecule has 0 spiro atoms. The topological polar surface area (TPSA) is 56.7 Å². The Bertz CT molecular complexity index is 2870. The first kappa shape index (κ1) is 28.2. The summed E-state index contributed by atoms with van der Waals surface area (Å²) in [7, 11) is 0. The number of hydrogen-bond donors (Lipinski definition) is 0. The van der Waals surface area contributed by atoms with Gasteiger partial charge in [0.1, 0.15) is 11.1 Å². The molecular formula is C45H28N4O. The molecule has 10 aromatic rings. The standard InChI is InChI=1S/C45H28N4O/c1-3-14-29(15-4-1)33-20-7-8-21-34(33)31-18-13-19-32(28-31)44-46-43(30-16-5-2-6-17-30)47-45(48-44)49-39-24-11-9-22-35(39)37-26-27-38-36-23-10-12-25-40(36)50-42(38)41(37)49/h1-28H. The second-order valence-corrected chi connectivity index (χ2v) is 12.4. The smallest absolute Gasteiger partial charge is 0.238 e. The third-order valence-corrected chi connectivity index (χ3v) is 9.48. The predicted octanol–water partition coefficient (Wildman–Crippen LogP) is 11.5.